The molecule has 12 N–H and O–H groups in total. The van der Waals surface area contributed by atoms with E-state index in [1.54, 1.807) is 0 Å². The molecule has 0 unspecified atom stereocenters. The maximum atomic E-state index is 13.8. The van der Waals surface area contributed by atoms with Gasteiger partial charge in [0.05, 0.1) is 63.1 Å². The predicted molar refractivity (Wildman–Crippen MR) is 393 cm³/mol. The number of anilines is 6. The average Bonchev–Trinajstić information content (AvgIpc) is 0.840. The summed E-state index contributed by atoms with van der Waals surface area (Å²) in [4.78, 5) is 22.5. The number of halogens is 8. The van der Waals surface area contributed by atoms with Gasteiger partial charge < -0.3 is 34.4 Å². The molecule has 12 nitrogen and oxygen atoms in total. The molecular weight excluding hydrogens is 1490 g/mol. The molecule has 0 spiro atoms. The van der Waals surface area contributed by atoms with Crippen LogP contribution in [0.1, 0.15) is 1.43 Å². The van der Waals surface area contributed by atoms with Crippen molar-refractivity contribution in [2.45, 2.75) is 0 Å². The van der Waals surface area contributed by atoms with Crippen molar-refractivity contribution in [1.29, 1.82) is 0 Å². The van der Waals surface area contributed by atoms with Crippen LogP contribution in [0.25, 0.3) is 89.5 Å². The number of hydrogen-bond acceptors (Lipinski definition) is 12. The Kier molecular flexibility index (Phi) is 26.8. The summed E-state index contributed by atoms with van der Waals surface area (Å²) in [6.45, 7) is 0. The SMILES string of the molecule is Nc1c(-c2ccccc2)cc(F)nc1-c1ccccc1.Nc1c(-c2ccccc2)cc(F)nc1-c1ccccc1.Nc1c(-c2ccccc2)cc(F)nc1Br.Nc1c(Br)cc(F)nc1-c1ccccc1.Nc1ccc(F)nc1-c1ccccc1.Nc1cnc(F)cc1-c1ccccc1.[HH].[Pd]. The quantitative estimate of drug-likeness (QED) is 0.0474. The number of nitrogens with zero attached hydrogens (tertiary/aromatic N) is 6. The molecule has 500 valence electrons. The zero-order valence-electron chi connectivity index (χ0n) is 52.2. The number of rotatable bonds is 8. The number of benzene rings is 8. The Bertz CT molecular complexity index is 4480. The molecule has 0 saturated carbocycles. The number of nitrogens with two attached hydrogens (primary N) is 6. The molecule has 0 fully saturated rings. The van der Waals surface area contributed by atoms with Crippen molar-refractivity contribution in [2.24, 2.45) is 0 Å². The van der Waals surface area contributed by atoms with E-state index in [0.29, 0.717) is 88.2 Å². The Labute approximate surface area is 600 Å². The molecule has 0 atom stereocenters. The van der Waals surface area contributed by atoms with Crippen LogP contribution in [0, 0.1) is 35.7 Å². The topological polar surface area (TPSA) is 233 Å². The number of nitrogen functional groups attached to an aromatic ring is 6. The van der Waals surface area contributed by atoms with Gasteiger partial charge in [0.15, 0.2) is 0 Å². The summed E-state index contributed by atoms with van der Waals surface area (Å²) < 4.78 is 80.4. The van der Waals surface area contributed by atoms with Gasteiger partial charge in [0.2, 0.25) is 35.7 Å². The fourth-order valence-electron chi connectivity index (χ4n) is 9.64. The third-order valence-electron chi connectivity index (χ3n) is 14.3. The van der Waals surface area contributed by atoms with Gasteiger partial charge in [0.25, 0.3) is 0 Å². The van der Waals surface area contributed by atoms with Gasteiger partial charge in [-0.25, -0.2) is 29.9 Å². The van der Waals surface area contributed by atoms with Gasteiger partial charge in [0.1, 0.15) is 4.60 Å². The van der Waals surface area contributed by atoms with E-state index in [4.69, 9.17) is 34.4 Å². The normalized spacial score (nSPS) is 10.2. The minimum Gasteiger partial charge on any atom is -0.397 e. The molecule has 0 amide bonds. The van der Waals surface area contributed by atoms with E-state index >= 15 is 0 Å². The van der Waals surface area contributed by atoms with Crippen LogP contribution in [0.15, 0.2) is 300 Å². The van der Waals surface area contributed by atoms with Crippen molar-refractivity contribution >= 4 is 66.0 Å². The van der Waals surface area contributed by atoms with Gasteiger partial charge in [-0.3, -0.25) is 0 Å². The van der Waals surface area contributed by atoms with E-state index in [1.807, 2.05) is 243 Å². The van der Waals surface area contributed by atoms with Gasteiger partial charge in [-0.2, -0.15) is 26.3 Å². The predicted octanol–water partition coefficient (Wildman–Crippen LogP) is 19.9. The summed E-state index contributed by atoms with van der Waals surface area (Å²) in [5.41, 5.74) is 49.5. The maximum absolute atomic E-state index is 13.8. The van der Waals surface area contributed by atoms with Crippen LogP contribution in [0.3, 0.4) is 0 Å². The number of hydrogen-bond donors (Lipinski definition) is 6. The van der Waals surface area contributed by atoms with Gasteiger partial charge >= 0.3 is 0 Å². The van der Waals surface area contributed by atoms with Crippen LogP contribution < -0.4 is 34.4 Å². The monoisotopic (exact) mass is 1540 g/mol. The van der Waals surface area contributed by atoms with E-state index in [9.17, 15) is 26.3 Å². The molecule has 0 aliphatic rings. The third kappa shape index (κ3) is 20.4. The molecule has 6 heterocycles. The van der Waals surface area contributed by atoms with Crippen molar-refractivity contribution < 1.29 is 48.2 Å². The van der Waals surface area contributed by atoms with Crippen LogP contribution in [0.4, 0.5) is 60.5 Å². The Morgan fingerprint density at radius 1 is 0.253 bits per heavy atom. The fourth-order valence-corrected chi connectivity index (χ4v) is 10.4. The zero-order chi connectivity index (χ0) is 69.5. The van der Waals surface area contributed by atoms with Crippen molar-refractivity contribution in [1.82, 2.24) is 29.9 Å². The Balaban J connectivity index is 0.000000169. The molecule has 0 aliphatic carbocycles. The van der Waals surface area contributed by atoms with E-state index in [2.05, 4.69) is 61.8 Å². The second kappa shape index (κ2) is 36.1. The molecule has 8 aromatic carbocycles. The number of pyridine rings is 6. The largest absolute Gasteiger partial charge is 0.397 e. The second-order valence-electron chi connectivity index (χ2n) is 21.0. The molecule has 14 rings (SSSR count). The number of aromatic nitrogens is 6. The molecule has 0 bridgehead atoms. The first kappa shape index (κ1) is 73.5. The van der Waals surface area contributed by atoms with Gasteiger partial charge in [-0.15, -0.1) is 0 Å². The molecule has 0 aliphatic heterocycles. The first-order chi connectivity index (χ1) is 47.4. The van der Waals surface area contributed by atoms with E-state index in [0.717, 1.165) is 44.5 Å². The molecule has 6 aromatic heterocycles. The average molecular weight is 1550 g/mol. The summed E-state index contributed by atoms with van der Waals surface area (Å²) in [6, 6.07) is 84.6. The summed E-state index contributed by atoms with van der Waals surface area (Å²) in [6.07, 6.45) is 1.33. The Morgan fingerprint density at radius 3 is 0.889 bits per heavy atom. The molecule has 14 aromatic rings. The summed E-state index contributed by atoms with van der Waals surface area (Å²) in [7, 11) is 0. The minimum atomic E-state index is -0.546. The van der Waals surface area contributed by atoms with Crippen LogP contribution >= 0.6 is 31.9 Å². The van der Waals surface area contributed by atoms with E-state index < -0.39 is 35.7 Å². The summed E-state index contributed by atoms with van der Waals surface area (Å²) in [5, 5.41) is 0. The van der Waals surface area contributed by atoms with Crippen molar-refractivity contribution in [3.8, 4) is 89.5 Å². The van der Waals surface area contributed by atoms with Gasteiger partial charge in [-0.05, 0) is 66.2 Å². The maximum Gasteiger partial charge on any atom is 0.214 e. The Morgan fingerprint density at radius 2 is 0.525 bits per heavy atom. The molecule has 0 radical (unpaired) electrons. The van der Waals surface area contributed by atoms with E-state index in [-0.39, 0.29) is 21.8 Å². The van der Waals surface area contributed by atoms with Gasteiger partial charge in [-0.1, -0.05) is 243 Å². The smallest absolute Gasteiger partial charge is 0.214 e. The first-order valence-corrected chi connectivity index (χ1v) is 31.4. The van der Waals surface area contributed by atoms with Crippen LogP contribution in [0.2, 0.25) is 0 Å². The second-order valence-corrected chi connectivity index (χ2v) is 22.6. The van der Waals surface area contributed by atoms with Crippen LogP contribution in [-0.4, -0.2) is 29.9 Å². The summed E-state index contributed by atoms with van der Waals surface area (Å²) >= 11 is 6.31. The molecule has 21 heteroatoms. The zero-order valence-corrected chi connectivity index (χ0v) is 56.9. The van der Waals surface area contributed by atoms with Crippen molar-refractivity contribution in [2.75, 3.05) is 34.4 Å². The fraction of sp³-hybridized carbons (Fsp3) is 0. The summed E-state index contributed by atoms with van der Waals surface area (Å²) in [5.74, 6) is -3.19. The van der Waals surface area contributed by atoms with Crippen molar-refractivity contribution in [3.05, 3.63) is 336 Å². The molecule has 99 heavy (non-hydrogen) atoms. The van der Waals surface area contributed by atoms with Gasteiger partial charge in [0, 0.05) is 101 Å². The van der Waals surface area contributed by atoms with Crippen molar-refractivity contribution in [3.63, 3.8) is 0 Å². The standard InChI is InChI=1S/2C17H13FN2.2C11H8BrFN2.2C11H9FN2.Pd.H2/c2*18-15-11-14(12-7-3-1-4-8-12)16(19)17(20-15)13-9-5-2-6-10-13;12-8-6-9(13)15-11(10(8)14)7-4-2-1-3-5-7;12-11-10(14)8(6-9(13)15-11)7-4-2-1-3-5-7;12-11-6-9(10(13)7-14-11)8-4-2-1-3-5-8;12-10-7-6-9(13)11(14-10)8-4-2-1-3-5-8;;/h2*1-11H,19H2;2*1-6H,14H2;2*1-7H,13H2;;1H. The first-order valence-electron chi connectivity index (χ1n) is 29.8. The Hall–Kier alpha value is -11.3. The van der Waals surface area contributed by atoms with Crippen LogP contribution in [0.5, 0.6) is 0 Å². The minimum absolute atomic E-state index is 0. The molecule has 0 saturated heterocycles. The van der Waals surface area contributed by atoms with Crippen LogP contribution in [-0.2, 0) is 20.4 Å². The third-order valence-corrected chi connectivity index (χ3v) is 15.6. The van der Waals surface area contributed by atoms with E-state index in [1.165, 1.54) is 48.7 Å². The molecular formula is C78H62Br2F6N12Pd.